The molecule has 1 aliphatic rings. The van der Waals surface area contributed by atoms with E-state index in [0.717, 1.165) is 25.3 Å². The first-order valence-electron chi connectivity index (χ1n) is 7.42. The van der Waals surface area contributed by atoms with Crippen molar-refractivity contribution in [3.63, 3.8) is 0 Å². The fourth-order valence-corrected chi connectivity index (χ4v) is 2.85. The van der Waals surface area contributed by atoms with Crippen molar-refractivity contribution >= 4 is 5.82 Å². The van der Waals surface area contributed by atoms with Crippen molar-refractivity contribution in [3.05, 3.63) is 30.4 Å². The van der Waals surface area contributed by atoms with Crippen molar-refractivity contribution < 1.29 is 4.74 Å². The lowest BCUT2D eigenvalue weighted by molar-refractivity contribution is 0.326. The third-order valence-corrected chi connectivity index (χ3v) is 3.81. The highest BCUT2D eigenvalue weighted by Crippen LogP contribution is 2.26. The third kappa shape index (κ3) is 3.32. The summed E-state index contributed by atoms with van der Waals surface area (Å²) in [5, 5.41) is 4.23. The molecule has 6 heteroatoms. The molecule has 3 rings (SSSR count). The summed E-state index contributed by atoms with van der Waals surface area (Å²) in [4.78, 5) is 10.8. The van der Waals surface area contributed by atoms with E-state index in [1.165, 1.54) is 12.0 Å². The van der Waals surface area contributed by atoms with Crippen molar-refractivity contribution in [2.45, 2.75) is 19.8 Å². The lowest BCUT2D eigenvalue weighted by atomic mass is 10.0. The molecule has 2 aromatic heterocycles. The maximum absolute atomic E-state index is 5.44. The van der Waals surface area contributed by atoms with E-state index in [0.29, 0.717) is 18.4 Å². The van der Waals surface area contributed by atoms with Gasteiger partial charge in [-0.3, -0.25) is 4.68 Å². The van der Waals surface area contributed by atoms with Crippen LogP contribution < -0.4 is 9.64 Å². The second kappa shape index (κ2) is 6.11. The zero-order chi connectivity index (χ0) is 14.7. The van der Waals surface area contributed by atoms with Gasteiger partial charge < -0.3 is 9.64 Å². The Morgan fingerprint density at radius 1 is 1.38 bits per heavy atom. The van der Waals surface area contributed by atoms with E-state index < -0.39 is 0 Å². The topological polar surface area (TPSA) is 56.1 Å². The molecule has 21 heavy (non-hydrogen) atoms. The monoisotopic (exact) mass is 287 g/mol. The van der Waals surface area contributed by atoms with Crippen molar-refractivity contribution in [2.24, 2.45) is 13.0 Å². The highest BCUT2D eigenvalue weighted by Gasteiger charge is 2.24. The summed E-state index contributed by atoms with van der Waals surface area (Å²) in [6.07, 6.45) is 7.90. The standard InChI is InChI=1S/C15H21N5O/c1-3-21-15-7-14(16-11-17-15)20-5-4-12(10-20)6-13-8-18-19(2)9-13/h7-9,11-12H,3-6,10H2,1-2H3. The summed E-state index contributed by atoms with van der Waals surface area (Å²) in [5.41, 5.74) is 1.31. The number of hydrogen-bond donors (Lipinski definition) is 0. The Labute approximate surface area is 124 Å². The van der Waals surface area contributed by atoms with Crippen LogP contribution in [0.3, 0.4) is 0 Å². The van der Waals surface area contributed by atoms with Gasteiger partial charge >= 0.3 is 0 Å². The number of ether oxygens (including phenoxy) is 1. The first kappa shape index (κ1) is 13.9. The highest BCUT2D eigenvalue weighted by atomic mass is 16.5. The minimum Gasteiger partial charge on any atom is -0.478 e. The molecule has 0 aliphatic carbocycles. The number of anilines is 1. The molecule has 1 atom stereocenters. The van der Waals surface area contributed by atoms with Gasteiger partial charge in [0.2, 0.25) is 5.88 Å². The maximum Gasteiger partial charge on any atom is 0.218 e. The van der Waals surface area contributed by atoms with Gasteiger partial charge in [0.25, 0.3) is 0 Å². The van der Waals surface area contributed by atoms with E-state index in [-0.39, 0.29) is 0 Å². The van der Waals surface area contributed by atoms with Crippen LogP contribution >= 0.6 is 0 Å². The van der Waals surface area contributed by atoms with Crippen LogP contribution in [-0.2, 0) is 13.5 Å². The zero-order valence-corrected chi connectivity index (χ0v) is 12.6. The molecule has 3 heterocycles. The smallest absolute Gasteiger partial charge is 0.218 e. The van der Waals surface area contributed by atoms with E-state index in [1.54, 1.807) is 6.33 Å². The Bertz CT molecular complexity index is 597. The van der Waals surface area contributed by atoms with E-state index in [1.807, 2.05) is 30.9 Å². The van der Waals surface area contributed by atoms with Crippen LogP contribution in [0, 0.1) is 5.92 Å². The molecular weight excluding hydrogens is 266 g/mol. The summed E-state index contributed by atoms with van der Waals surface area (Å²) in [6, 6.07) is 1.93. The lowest BCUT2D eigenvalue weighted by Crippen LogP contribution is -2.21. The van der Waals surface area contributed by atoms with E-state index in [4.69, 9.17) is 4.74 Å². The second-order valence-corrected chi connectivity index (χ2v) is 5.47. The number of rotatable bonds is 5. The summed E-state index contributed by atoms with van der Waals surface area (Å²) in [7, 11) is 1.96. The first-order valence-corrected chi connectivity index (χ1v) is 7.42. The molecule has 1 unspecified atom stereocenters. The predicted octanol–water partition coefficient (Wildman–Crippen LogP) is 1.68. The number of nitrogens with zero attached hydrogens (tertiary/aromatic N) is 5. The fraction of sp³-hybridized carbons (Fsp3) is 0.533. The Balaban J connectivity index is 1.62. The molecule has 0 bridgehead atoms. The average molecular weight is 287 g/mol. The maximum atomic E-state index is 5.44. The third-order valence-electron chi connectivity index (χ3n) is 3.81. The summed E-state index contributed by atoms with van der Waals surface area (Å²) in [6.45, 7) is 4.65. The predicted molar refractivity (Wildman–Crippen MR) is 80.4 cm³/mol. The molecule has 0 N–H and O–H groups in total. The Morgan fingerprint density at radius 3 is 3.05 bits per heavy atom. The molecular formula is C15H21N5O. The molecule has 0 saturated carbocycles. The lowest BCUT2D eigenvalue weighted by Gasteiger charge is -2.17. The molecule has 1 fully saturated rings. The van der Waals surface area contributed by atoms with Crippen molar-refractivity contribution in [1.82, 2.24) is 19.7 Å². The minimum absolute atomic E-state index is 0.625. The van der Waals surface area contributed by atoms with Crippen molar-refractivity contribution in [3.8, 4) is 5.88 Å². The van der Waals surface area contributed by atoms with Crippen LogP contribution in [-0.4, -0.2) is 39.4 Å². The van der Waals surface area contributed by atoms with Crippen molar-refractivity contribution in [1.29, 1.82) is 0 Å². The number of aryl methyl sites for hydroxylation is 1. The molecule has 1 saturated heterocycles. The van der Waals surface area contributed by atoms with Gasteiger partial charge in [0, 0.05) is 32.4 Å². The SMILES string of the molecule is CCOc1cc(N2CCC(Cc3cnn(C)c3)C2)ncn1. The van der Waals surface area contributed by atoms with Crippen LogP contribution in [0.15, 0.2) is 24.8 Å². The molecule has 1 aliphatic heterocycles. The van der Waals surface area contributed by atoms with E-state index >= 15 is 0 Å². The van der Waals surface area contributed by atoms with Gasteiger partial charge in [0.05, 0.1) is 12.8 Å². The van der Waals surface area contributed by atoms with Crippen LogP contribution in [0.4, 0.5) is 5.82 Å². The van der Waals surface area contributed by atoms with Crippen LogP contribution in [0.2, 0.25) is 0 Å². The minimum atomic E-state index is 0.625. The van der Waals surface area contributed by atoms with Gasteiger partial charge in [-0.25, -0.2) is 9.97 Å². The normalized spacial score (nSPS) is 18.2. The molecule has 2 aromatic rings. The number of hydrogen-bond acceptors (Lipinski definition) is 5. The Morgan fingerprint density at radius 2 is 2.29 bits per heavy atom. The van der Waals surface area contributed by atoms with Crippen LogP contribution in [0.5, 0.6) is 5.88 Å². The van der Waals surface area contributed by atoms with Gasteiger partial charge in [0.1, 0.15) is 12.1 Å². The Kier molecular flexibility index (Phi) is 4.03. The van der Waals surface area contributed by atoms with Gasteiger partial charge in [0.15, 0.2) is 0 Å². The van der Waals surface area contributed by atoms with E-state index in [9.17, 15) is 0 Å². The summed E-state index contributed by atoms with van der Waals surface area (Å²) < 4.78 is 7.30. The molecule has 0 radical (unpaired) electrons. The molecule has 0 amide bonds. The van der Waals surface area contributed by atoms with Gasteiger partial charge in [-0.15, -0.1) is 0 Å². The summed E-state index contributed by atoms with van der Waals surface area (Å²) in [5.74, 6) is 2.26. The Hall–Kier alpha value is -2.11. The van der Waals surface area contributed by atoms with Crippen LogP contribution in [0.1, 0.15) is 18.9 Å². The molecule has 0 spiro atoms. The fourth-order valence-electron chi connectivity index (χ4n) is 2.85. The van der Waals surface area contributed by atoms with Crippen LogP contribution in [0.25, 0.3) is 0 Å². The highest BCUT2D eigenvalue weighted by molar-refractivity contribution is 5.42. The van der Waals surface area contributed by atoms with E-state index in [2.05, 4.69) is 26.2 Å². The van der Waals surface area contributed by atoms with Gasteiger partial charge in [-0.1, -0.05) is 0 Å². The number of aromatic nitrogens is 4. The van der Waals surface area contributed by atoms with Gasteiger partial charge in [-0.2, -0.15) is 5.10 Å². The van der Waals surface area contributed by atoms with Crippen molar-refractivity contribution in [2.75, 3.05) is 24.6 Å². The zero-order valence-electron chi connectivity index (χ0n) is 12.6. The molecule has 112 valence electrons. The molecule has 6 nitrogen and oxygen atoms in total. The second-order valence-electron chi connectivity index (χ2n) is 5.47. The largest absolute Gasteiger partial charge is 0.478 e. The average Bonchev–Trinajstić information content (AvgIpc) is 3.10. The quantitative estimate of drug-likeness (QED) is 0.837. The van der Waals surface area contributed by atoms with Gasteiger partial charge in [-0.05, 0) is 31.2 Å². The summed E-state index contributed by atoms with van der Waals surface area (Å²) >= 11 is 0. The first-order chi connectivity index (χ1) is 10.2. The molecule has 0 aromatic carbocycles.